The number of hydrogen-bond donors (Lipinski definition) is 2. The van der Waals surface area contributed by atoms with Gasteiger partial charge in [-0.15, -0.1) is 0 Å². The Kier molecular flexibility index (Phi) is 6.99. The standard InChI is InChI=1S/C30H30O10/c1-34-19-10-7-18(8-11-19)29-16-20(9-6-17-12-24(37-4)25(38-5)15-23(17)36-3)39-30(29,33)28(32)27-22(31)13-21(35-2)14-26(27)40-29/h6-15,20,31,33H,16H2,1-5H3/t20-,29-,30+/m1/s1. The van der Waals surface area contributed by atoms with Gasteiger partial charge < -0.3 is 43.4 Å². The van der Waals surface area contributed by atoms with E-state index in [1.165, 1.54) is 47.7 Å². The SMILES string of the molecule is COc1ccc([C@]23C[C@@H](C=Cc4cc(OC)c(OC)cc4OC)O[C@@]2(O)C(=O)c2c(O)cc(OC)cc2O3)cc1. The predicted octanol–water partition coefficient (Wildman–Crippen LogP) is 4.10. The van der Waals surface area contributed by atoms with Crippen molar-refractivity contribution in [3.63, 3.8) is 0 Å². The molecule has 2 heterocycles. The van der Waals surface area contributed by atoms with E-state index in [0.29, 0.717) is 34.1 Å². The fourth-order valence-corrected chi connectivity index (χ4v) is 5.22. The highest BCUT2D eigenvalue weighted by Crippen LogP contribution is 2.56. The van der Waals surface area contributed by atoms with Gasteiger partial charge in [-0.1, -0.05) is 24.3 Å². The zero-order valence-electron chi connectivity index (χ0n) is 22.7. The molecule has 2 aliphatic heterocycles. The molecular weight excluding hydrogens is 520 g/mol. The zero-order chi connectivity index (χ0) is 28.7. The maximum atomic E-state index is 13.9. The van der Waals surface area contributed by atoms with E-state index >= 15 is 0 Å². The summed E-state index contributed by atoms with van der Waals surface area (Å²) in [7, 11) is 7.57. The van der Waals surface area contributed by atoms with Gasteiger partial charge in [0.05, 0.1) is 41.7 Å². The number of ketones is 1. The number of benzene rings is 3. The average molecular weight is 551 g/mol. The van der Waals surface area contributed by atoms with Crippen LogP contribution >= 0.6 is 0 Å². The van der Waals surface area contributed by atoms with Gasteiger partial charge in [-0.2, -0.15) is 0 Å². The van der Waals surface area contributed by atoms with Crippen LogP contribution in [0, 0.1) is 0 Å². The van der Waals surface area contributed by atoms with E-state index in [0.717, 1.165) is 0 Å². The smallest absolute Gasteiger partial charge is 0.277 e. The van der Waals surface area contributed by atoms with E-state index in [1.807, 2.05) is 0 Å². The quantitative estimate of drug-likeness (QED) is 0.424. The summed E-state index contributed by atoms with van der Waals surface area (Å²) < 4.78 is 39.3. The second-order valence-electron chi connectivity index (χ2n) is 9.32. The summed E-state index contributed by atoms with van der Waals surface area (Å²) >= 11 is 0. The molecule has 0 spiro atoms. The summed E-state index contributed by atoms with van der Waals surface area (Å²) in [5.41, 5.74) is -0.712. The Balaban J connectivity index is 1.60. The average Bonchev–Trinajstić information content (AvgIpc) is 3.28. The number of fused-ring (bicyclic) bond motifs is 2. The van der Waals surface area contributed by atoms with Crippen molar-refractivity contribution in [2.24, 2.45) is 0 Å². The van der Waals surface area contributed by atoms with Crippen LogP contribution in [0.15, 0.2) is 54.6 Å². The van der Waals surface area contributed by atoms with Crippen LogP contribution in [0.5, 0.6) is 40.2 Å². The molecule has 1 fully saturated rings. The molecule has 5 rings (SSSR count). The first kappa shape index (κ1) is 27.2. The summed E-state index contributed by atoms with van der Waals surface area (Å²) in [5, 5.41) is 22.6. The number of ether oxygens (including phenoxy) is 7. The number of aromatic hydroxyl groups is 1. The van der Waals surface area contributed by atoms with Crippen LogP contribution in [0.25, 0.3) is 6.08 Å². The molecule has 2 aliphatic rings. The summed E-state index contributed by atoms with van der Waals surface area (Å²) in [6.07, 6.45) is 2.72. The molecule has 3 atom stereocenters. The van der Waals surface area contributed by atoms with Gasteiger partial charge in [0.1, 0.15) is 34.3 Å². The van der Waals surface area contributed by atoms with Crippen LogP contribution in [0.2, 0.25) is 0 Å². The van der Waals surface area contributed by atoms with Crippen LogP contribution in [0.4, 0.5) is 0 Å². The van der Waals surface area contributed by atoms with Gasteiger partial charge in [0.15, 0.2) is 17.1 Å². The number of carbonyl (C=O) groups is 1. The molecule has 40 heavy (non-hydrogen) atoms. The molecule has 2 N–H and O–H groups in total. The number of hydrogen-bond acceptors (Lipinski definition) is 10. The monoisotopic (exact) mass is 550 g/mol. The molecule has 3 aromatic rings. The highest BCUT2D eigenvalue weighted by atomic mass is 16.7. The topological polar surface area (TPSA) is 122 Å². The molecule has 1 saturated heterocycles. The third-order valence-electron chi connectivity index (χ3n) is 7.25. The van der Waals surface area contributed by atoms with Gasteiger partial charge in [0, 0.05) is 35.7 Å². The molecule has 0 aromatic heterocycles. The van der Waals surface area contributed by atoms with Crippen molar-refractivity contribution in [2.45, 2.75) is 23.9 Å². The first-order valence-electron chi connectivity index (χ1n) is 12.4. The molecule has 0 amide bonds. The number of rotatable bonds is 8. The fourth-order valence-electron chi connectivity index (χ4n) is 5.22. The fraction of sp³-hybridized carbons (Fsp3) is 0.300. The molecule has 3 aromatic carbocycles. The van der Waals surface area contributed by atoms with E-state index in [9.17, 15) is 15.0 Å². The Morgan fingerprint density at radius 2 is 1.50 bits per heavy atom. The number of phenolic OH excluding ortho intramolecular Hbond substituents is 1. The number of carbonyl (C=O) groups excluding carboxylic acids is 1. The van der Waals surface area contributed by atoms with Crippen molar-refractivity contribution in [3.05, 3.63) is 71.3 Å². The minimum absolute atomic E-state index is 0.0606. The van der Waals surface area contributed by atoms with E-state index in [-0.39, 0.29) is 23.5 Å². The Bertz CT molecular complexity index is 1460. The van der Waals surface area contributed by atoms with E-state index in [2.05, 4.69) is 0 Å². The second kappa shape index (κ2) is 10.3. The van der Waals surface area contributed by atoms with Crippen molar-refractivity contribution >= 4 is 11.9 Å². The zero-order valence-corrected chi connectivity index (χ0v) is 22.7. The van der Waals surface area contributed by atoms with Gasteiger partial charge in [-0.25, -0.2) is 0 Å². The minimum atomic E-state index is -2.46. The van der Waals surface area contributed by atoms with E-state index in [4.69, 9.17) is 33.2 Å². The van der Waals surface area contributed by atoms with Crippen molar-refractivity contribution < 1.29 is 48.2 Å². The first-order chi connectivity index (χ1) is 19.2. The lowest BCUT2D eigenvalue weighted by molar-refractivity contribution is -0.223. The van der Waals surface area contributed by atoms with Crippen molar-refractivity contribution in [2.75, 3.05) is 35.5 Å². The summed E-state index contributed by atoms with van der Waals surface area (Å²) in [6.45, 7) is 0. The van der Waals surface area contributed by atoms with Crippen molar-refractivity contribution in [1.29, 1.82) is 0 Å². The van der Waals surface area contributed by atoms with Crippen LogP contribution in [-0.2, 0) is 10.3 Å². The number of aliphatic hydroxyl groups is 1. The molecule has 210 valence electrons. The second-order valence-corrected chi connectivity index (χ2v) is 9.32. The van der Waals surface area contributed by atoms with Crippen LogP contribution in [0.3, 0.4) is 0 Å². The molecular formula is C30H30O10. The van der Waals surface area contributed by atoms with Gasteiger partial charge in [0.2, 0.25) is 5.78 Å². The minimum Gasteiger partial charge on any atom is -0.507 e. The van der Waals surface area contributed by atoms with Crippen LogP contribution in [-0.4, -0.2) is 63.4 Å². The highest BCUT2D eigenvalue weighted by molar-refractivity contribution is 6.08. The number of phenols is 1. The molecule has 0 unspecified atom stereocenters. The molecule has 0 radical (unpaired) electrons. The Morgan fingerprint density at radius 1 is 0.850 bits per heavy atom. The lowest BCUT2D eigenvalue weighted by Gasteiger charge is -2.43. The van der Waals surface area contributed by atoms with Gasteiger partial charge >= 0.3 is 0 Å². The molecule has 0 saturated carbocycles. The van der Waals surface area contributed by atoms with Gasteiger partial charge in [0.25, 0.3) is 5.79 Å². The lowest BCUT2D eigenvalue weighted by atomic mass is 9.77. The van der Waals surface area contributed by atoms with Crippen LogP contribution < -0.4 is 28.4 Å². The predicted molar refractivity (Wildman–Crippen MR) is 144 cm³/mol. The van der Waals surface area contributed by atoms with E-state index < -0.39 is 29.0 Å². The normalized spacial score (nSPS) is 23.2. The van der Waals surface area contributed by atoms with Gasteiger partial charge in [-0.05, 0) is 18.2 Å². The number of methoxy groups -OCH3 is 5. The molecule has 10 heteroatoms. The molecule has 0 aliphatic carbocycles. The lowest BCUT2D eigenvalue weighted by Crippen LogP contribution is -2.60. The van der Waals surface area contributed by atoms with Gasteiger partial charge in [-0.3, -0.25) is 4.79 Å². The Morgan fingerprint density at radius 3 is 2.12 bits per heavy atom. The highest BCUT2D eigenvalue weighted by Gasteiger charge is 2.69. The largest absolute Gasteiger partial charge is 0.507 e. The van der Waals surface area contributed by atoms with Crippen LogP contribution in [0.1, 0.15) is 27.9 Å². The van der Waals surface area contributed by atoms with E-state index in [1.54, 1.807) is 48.6 Å². The Hall–Kier alpha value is -4.41. The summed E-state index contributed by atoms with van der Waals surface area (Å²) in [5.74, 6) is -1.23. The third kappa shape index (κ3) is 4.16. The summed E-state index contributed by atoms with van der Waals surface area (Å²) in [6, 6.07) is 13.0. The first-order valence-corrected chi connectivity index (χ1v) is 12.4. The number of Topliss-reactive ketones (excluding diaryl/α,β-unsaturated/α-hetero) is 1. The summed E-state index contributed by atoms with van der Waals surface area (Å²) in [4.78, 5) is 13.9. The maximum Gasteiger partial charge on any atom is 0.277 e. The Labute approximate surface area is 231 Å². The van der Waals surface area contributed by atoms with Crippen molar-refractivity contribution in [3.8, 4) is 40.2 Å². The third-order valence-corrected chi connectivity index (χ3v) is 7.25. The molecule has 0 bridgehead atoms. The maximum absolute atomic E-state index is 13.9. The van der Waals surface area contributed by atoms with Crippen molar-refractivity contribution in [1.82, 2.24) is 0 Å². The molecule has 10 nitrogen and oxygen atoms in total.